The summed E-state index contributed by atoms with van der Waals surface area (Å²) in [5.41, 5.74) is 0.945. The van der Waals surface area contributed by atoms with Crippen molar-refractivity contribution in [3.05, 3.63) is 58.4 Å². The van der Waals surface area contributed by atoms with Gasteiger partial charge in [0.2, 0.25) is 0 Å². The van der Waals surface area contributed by atoms with Crippen molar-refractivity contribution in [2.24, 2.45) is 0 Å². The van der Waals surface area contributed by atoms with Crippen molar-refractivity contribution in [2.45, 2.75) is 6.42 Å². The van der Waals surface area contributed by atoms with Crippen molar-refractivity contribution in [1.82, 2.24) is 5.32 Å². The number of hydrogen-bond donors (Lipinski definition) is 1. The first-order valence-electron chi connectivity index (χ1n) is 7.26. The zero-order chi connectivity index (χ0) is 16.2. The van der Waals surface area contributed by atoms with Crippen LogP contribution in [-0.4, -0.2) is 25.7 Å². The van der Waals surface area contributed by atoms with Crippen molar-refractivity contribution < 1.29 is 18.7 Å². The third kappa shape index (κ3) is 3.56. The lowest BCUT2D eigenvalue weighted by Crippen LogP contribution is -2.26. The number of hydrogen-bond acceptors (Lipinski definition) is 3. The first-order chi connectivity index (χ1) is 11.1. The predicted octanol–water partition coefficient (Wildman–Crippen LogP) is 3.22. The highest BCUT2D eigenvalue weighted by molar-refractivity contribution is 6.32. The standard InChI is InChI=1S/C17H15ClFNO3/c18-13-9-11(10-15-16(13)23-8-7-22-15)5-6-20-17(21)12-3-1-2-4-14(12)19/h1-4,9-10H,5-8H2,(H,20,21). The monoisotopic (exact) mass is 335 g/mol. The SMILES string of the molecule is O=C(NCCc1cc(Cl)c2c(c1)OCCO2)c1ccccc1F. The summed E-state index contributed by atoms with van der Waals surface area (Å²) in [7, 11) is 0. The highest BCUT2D eigenvalue weighted by Gasteiger charge is 2.17. The fourth-order valence-electron chi connectivity index (χ4n) is 2.37. The largest absolute Gasteiger partial charge is 0.486 e. The molecule has 1 N–H and O–H groups in total. The van der Waals surface area contributed by atoms with E-state index in [4.69, 9.17) is 21.1 Å². The second-order valence-corrected chi connectivity index (χ2v) is 5.49. The lowest BCUT2D eigenvalue weighted by molar-refractivity contribution is 0.0950. The Morgan fingerprint density at radius 3 is 2.83 bits per heavy atom. The van der Waals surface area contributed by atoms with E-state index in [1.165, 1.54) is 12.1 Å². The molecule has 4 nitrogen and oxygen atoms in total. The van der Waals surface area contributed by atoms with Crippen LogP contribution in [-0.2, 0) is 6.42 Å². The predicted molar refractivity (Wildman–Crippen MR) is 84.9 cm³/mol. The van der Waals surface area contributed by atoms with Crippen LogP contribution >= 0.6 is 11.6 Å². The Bertz CT molecular complexity index is 736. The molecule has 1 amide bonds. The van der Waals surface area contributed by atoms with E-state index >= 15 is 0 Å². The normalized spacial score (nSPS) is 12.8. The van der Waals surface area contributed by atoms with Crippen LogP contribution in [0.1, 0.15) is 15.9 Å². The molecular weight excluding hydrogens is 321 g/mol. The Kier molecular flexibility index (Phi) is 4.67. The molecule has 6 heteroatoms. The molecular formula is C17H15ClFNO3. The summed E-state index contributed by atoms with van der Waals surface area (Å²) in [5.74, 6) is 0.190. The number of carbonyl (C=O) groups is 1. The van der Waals surface area contributed by atoms with Crippen molar-refractivity contribution in [3.8, 4) is 11.5 Å². The summed E-state index contributed by atoms with van der Waals surface area (Å²) >= 11 is 6.16. The van der Waals surface area contributed by atoms with Gasteiger partial charge in [0, 0.05) is 6.54 Å². The average molecular weight is 336 g/mol. The molecule has 0 aliphatic carbocycles. The molecule has 0 saturated carbocycles. The van der Waals surface area contributed by atoms with Gasteiger partial charge in [0.05, 0.1) is 10.6 Å². The Morgan fingerprint density at radius 2 is 2.00 bits per heavy atom. The van der Waals surface area contributed by atoms with E-state index < -0.39 is 11.7 Å². The minimum atomic E-state index is -0.535. The molecule has 120 valence electrons. The van der Waals surface area contributed by atoms with E-state index in [1.807, 2.05) is 6.07 Å². The van der Waals surface area contributed by atoms with Gasteiger partial charge >= 0.3 is 0 Å². The highest BCUT2D eigenvalue weighted by Crippen LogP contribution is 2.38. The maximum Gasteiger partial charge on any atom is 0.254 e. The van der Waals surface area contributed by atoms with Crippen LogP contribution < -0.4 is 14.8 Å². The second kappa shape index (κ2) is 6.87. The van der Waals surface area contributed by atoms with Gasteiger partial charge in [-0.3, -0.25) is 4.79 Å². The van der Waals surface area contributed by atoms with Gasteiger partial charge in [0.25, 0.3) is 5.91 Å². The minimum absolute atomic E-state index is 0.0349. The first-order valence-corrected chi connectivity index (χ1v) is 7.63. The van der Waals surface area contributed by atoms with Crippen molar-refractivity contribution in [1.29, 1.82) is 0 Å². The number of amides is 1. The molecule has 2 aromatic carbocycles. The maximum atomic E-state index is 13.5. The molecule has 0 aromatic heterocycles. The molecule has 1 aliphatic rings. The van der Waals surface area contributed by atoms with Gasteiger partial charge in [0.15, 0.2) is 11.5 Å². The number of benzene rings is 2. The number of carbonyl (C=O) groups excluding carboxylic acids is 1. The summed E-state index contributed by atoms with van der Waals surface area (Å²) in [4.78, 5) is 11.9. The number of nitrogens with one attached hydrogen (secondary N) is 1. The van der Waals surface area contributed by atoms with Gasteiger partial charge in [-0.2, -0.15) is 0 Å². The number of ether oxygens (including phenoxy) is 2. The highest BCUT2D eigenvalue weighted by atomic mass is 35.5. The first kappa shape index (κ1) is 15.6. The third-order valence-corrected chi connectivity index (χ3v) is 3.76. The fraction of sp³-hybridized carbons (Fsp3) is 0.235. The Hall–Kier alpha value is -2.27. The Morgan fingerprint density at radius 1 is 1.22 bits per heavy atom. The third-order valence-electron chi connectivity index (χ3n) is 3.47. The molecule has 3 rings (SSSR count). The zero-order valence-corrected chi connectivity index (χ0v) is 13.0. The molecule has 23 heavy (non-hydrogen) atoms. The van der Waals surface area contributed by atoms with Crippen LogP contribution in [0.4, 0.5) is 4.39 Å². The maximum absolute atomic E-state index is 13.5. The molecule has 1 heterocycles. The van der Waals surface area contributed by atoms with Crippen molar-refractivity contribution in [2.75, 3.05) is 19.8 Å². The number of fused-ring (bicyclic) bond motifs is 1. The van der Waals surface area contributed by atoms with Gasteiger partial charge < -0.3 is 14.8 Å². The summed E-state index contributed by atoms with van der Waals surface area (Å²) in [6, 6.07) is 9.50. The summed E-state index contributed by atoms with van der Waals surface area (Å²) in [6.45, 7) is 1.32. The van der Waals surface area contributed by atoms with Gasteiger partial charge in [-0.05, 0) is 36.2 Å². The van der Waals surface area contributed by atoms with E-state index in [0.29, 0.717) is 42.7 Å². The van der Waals surface area contributed by atoms with Gasteiger partial charge in [-0.1, -0.05) is 23.7 Å². The number of halogens is 2. The van der Waals surface area contributed by atoms with Gasteiger partial charge in [-0.25, -0.2) is 4.39 Å². The average Bonchev–Trinajstić information content (AvgIpc) is 2.55. The molecule has 0 unspecified atom stereocenters. The van der Waals surface area contributed by atoms with E-state index in [2.05, 4.69) is 5.32 Å². The van der Waals surface area contributed by atoms with E-state index in [-0.39, 0.29) is 5.56 Å². The Balaban J connectivity index is 1.62. The quantitative estimate of drug-likeness (QED) is 0.933. The summed E-state index contributed by atoms with van der Waals surface area (Å²) in [5, 5.41) is 3.18. The topological polar surface area (TPSA) is 47.6 Å². The fourth-order valence-corrected chi connectivity index (χ4v) is 2.66. The molecule has 0 fully saturated rings. The van der Waals surface area contributed by atoms with E-state index in [1.54, 1.807) is 18.2 Å². The lowest BCUT2D eigenvalue weighted by atomic mass is 10.1. The smallest absolute Gasteiger partial charge is 0.254 e. The Labute approximate surface area is 138 Å². The van der Waals surface area contributed by atoms with Crippen molar-refractivity contribution in [3.63, 3.8) is 0 Å². The lowest BCUT2D eigenvalue weighted by Gasteiger charge is -2.20. The number of rotatable bonds is 4. The van der Waals surface area contributed by atoms with Crippen LogP contribution in [0.5, 0.6) is 11.5 Å². The summed E-state index contributed by atoms with van der Waals surface area (Å²) in [6.07, 6.45) is 0.552. The molecule has 0 bridgehead atoms. The minimum Gasteiger partial charge on any atom is -0.486 e. The van der Waals surface area contributed by atoms with Crippen LogP contribution in [0, 0.1) is 5.82 Å². The molecule has 0 atom stereocenters. The summed E-state index contributed by atoms with van der Waals surface area (Å²) < 4.78 is 24.5. The van der Waals surface area contributed by atoms with Gasteiger partial charge in [-0.15, -0.1) is 0 Å². The molecule has 0 saturated heterocycles. The van der Waals surface area contributed by atoms with Crippen LogP contribution in [0.3, 0.4) is 0 Å². The van der Waals surface area contributed by atoms with Crippen LogP contribution in [0.25, 0.3) is 0 Å². The molecule has 2 aromatic rings. The second-order valence-electron chi connectivity index (χ2n) is 5.09. The van der Waals surface area contributed by atoms with E-state index in [0.717, 1.165) is 5.56 Å². The molecule has 0 radical (unpaired) electrons. The van der Waals surface area contributed by atoms with Gasteiger partial charge in [0.1, 0.15) is 19.0 Å². The zero-order valence-electron chi connectivity index (χ0n) is 12.3. The van der Waals surface area contributed by atoms with Crippen LogP contribution in [0.15, 0.2) is 36.4 Å². The van der Waals surface area contributed by atoms with Crippen molar-refractivity contribution >= 4 is 17.5 Å². The molecule has 1 aliphatic heterocycles. The van der Waals surface area contributed by atoms with Crippen LogP contribution in [0.2, 0.25) is 5.02 Å². The van der Waals surface area contributed by atoms with E-state index in [9.17, 15) is 9.18 Å². The molecule has 0 spiro atoms.